The number of urea groups is 1. The first kappa shape index (κ1) is 23.0. The molecule has 1 aliphatic carbocycles. The SMILES string of the molecule is COc1cc(-c2ccc3c(c2NC(=O)NS(=O)(=O)c2cc4n(n2)C2CCN(CC2)C4)CCC3)ccn1. The summed E-state index contributed by atoms with van der Waals surface area (Å²) in [6, 6.07) is 8.60. The Balaban J connectivity index is 1.28. The molecule has 11 heteroatoms. The van der Waals surface area contributed by atoms with Crippen molar-refractivity contribution in [3.8, 4) is 17.0 Å². The molecule has 0 radical (unpaired) electrons. The van der Waals surface area contributed by atoms with E-state index >= 15 is 0 Å². The molecule has 0 spiro atoms. The van der Waals surface area contributed by atoms with E-state index in [-0.39, 0.29) is 11.1 Å². The second kappa shape index (κ2) is 8.90. The highest BCUT2D eigenvalue weighted by Crippen LogP contribution is 2.38. The number of hydrogen-bond donors (Lipinski definition) is 2. The number of aryl methyl sites for hydroxylation is 1. The van der Waals surface area contributed by atoms with Crippen LogP contribution in [0.3, 0.4) is 0 Å². The zero-order valence-corrected chi connectivity index (χ0v) is 20.8. The number of methoxy groups -OCH3 is 1. The lowest BCUT2D eigenvalue weighted by Gasteiger charge is -2.26. The molecular weight excluding hydrogens is 480 g/mol. The van der Waals surface area contributed by atoms with Crippen LogP contribution in [-0.4, -0.2) is 54.3 Å². The number of amides is 2. The molecule has 0 unspecified atom stereocenters. The van der Waals surface area contributed by atoms with E-state index in [0.717, 1.165) is 73.1 Å². The minimum atomic E-state index is -4.15. The van der Waals surface area contributed by atoms with Gasteiger partial charge in [-0.05, 0) is 54.9 Å². The van der Waals surface area contributed by atoms with Crippen LogP contribution in [0.25, 0.3) is 11.1 Å². The quantitative estimate of drug-likeness (QED) is 0.544. The van der Waals surface area contributed by atoms with Gasteiger partial charge >= 0.3 is 6.03 Å². The molecule has 1 aromatic carbocycles. The smallest absolute Gasteiger partial charge is 0.333 e. The number of hydrogen-bond acceptors (Lipinski definition) is 7. The third-order valence-corrected chi connectivity index (χ3v) is 8.56. The molecule has 0 saturated carbocycles. The first-order chi connectivity index (χ1) is 17.4. The Bertz CT molecular complexity index is 1440. The molecule has 3 aliphatic heterocycles. The normalized spacial score (nSPS) is 20.4. The highest BCUT2D eigenvalue weighted by atomic mass is 32.2. The first-order valence-corrected chi connectivity index (χ1v) is 13.7. The largest absolute Gasteiger partial charge is 0.481 e. The number of nitrogens with zero attached hydrogens (tertiary/aromatic N) is 4. The Kier molecular flexibility index (Phi) is 5.68. The Hall–Kier alpha value is -3.44. The number of benzene rings is 1. The summed E-state index contributed by atoms with van der Waals surface area (Å²) < 4.78 is 35.5. The van der Waals surface area contributed by atoms with Crippen LogP contribution in [0.15, 0.2) is 41.6 Å². The lowest BCUT2D eigenvalue weighted by molar-refractivity contribution is 0.204. The molecule has 2 bridgehead atoms. The van der Waals surface area contributed by atoms with E-state index in [1.165, 1.54) is 0 Å². The van der Waals surface area contributed by atoms with Crippen LogP contribution in [0.2, 0.25) is 0 Å². The number of carbonyl (C=O) groups is 1. The summed E-state index contributed by atoms with van der Waals surface area (Å²) in [7, 11) is -2.60. The van der Waals surface area contributed by atoms with Crippen molar-refractivity contribution in [1.82, 2.24) is 24.4 Å². The fourth-order valence-electron chi connectivity index (χ4n) is 5.58. The minimum absolute atomic E-state index is 0.126. The average Bonchev–Trinajstić information content (AvgIpc) is 3.46. The Morgan fingerprint density at radius 2 is 1.97 bits per heavy atom. The van der Waals surface area contributed by atoms with Gasteiger partial charge in [0, 0.05) is 43.5 Å². The third-order valence-electron chi connectivity index (χ3n) is 7.36. The second-order valence-electron chi connectivity index (χ2n) is 9.55. The molecule has 7 rings (SSSR count). The summed E-state index contributed by atoms with van der Waals surface area (Å²) in [6.45, 7) is 2.65. The van der Waals surface area contributed by atoms with E-state index in [9.17, 15) is 13.2 Å². The minimum Gasteiger partial charge on any atom is -0.481 e. The number of piperidine rings is 1. The molecule has 0 atom stereocenters. The lowest BCUT2D eigenvalue weighted by atomic mass is 9.98. The number of nitrogens with one attached hydrogen (secondary N) is 2. The van der Waals surface area contributed by atoms with Crippen LogP contribution in [0, 0.1) is 0 Å². The van der Waals surface area contributed by atoms with Crippen molar-refractivity contribution in [2.24, 2.45) is 0 Å². The van der Waals surface area contributed by atoms with Crippen LogP contribution in [0.4, 0.5) is 10.5 Å². The number of pyridine rings is 1. The van der Waals surface area contributed by atoms with Gasteiger partial charge in [-0.15, -0.1) is 0 Å². The van der Waals surface area contributed by atoms with E-state index in [4.69, 9.17) is 4.74 Å². The molecule has 188 valence electrons. The van der Waals surface area contributed by atoms with Crippen LogP contribution < -0.4 is 14.8 Å². The van der Waals surface area contributed by atoms with E-state index in [0.29, 0.717) is 18.1 Å². The molecular formula is C25H28N6O4S. The number of ether oxygens (including phenoxy) is 1. The van der Waals surface area contributed by atoms with Gasteiger partial charge in [0.2, 0.25) is 5.88 Å². The topological polar surface area (TPSA) is 118 Å². The van der Waals surface area contributed by atoms with Crippen molar-refractivity contribution in [1.29, 1.82) is 0 Å². The predicted octanol–water partition coefficient (Wildman–Crippen LogP) is 3.10. The van der Waals surface area contributed by atoms with Gasteiger partial charge in [0.1, 0.15) is 0 Å². The molecule has 3 aromatic rings. The summed E-state index contributed by atoms with van der Waals surface area (Å²) in [5.74, 6) is 0.454. The maximum atomic E-state index is 13.1. The standard InChI is InChI=1S/C25H28N6O4S/c1-35-22-13-17(7-10-26-22)21-6-5-16-3-2-4-20(16)24(21)27-25(32)29-36(33,34)23-14-19-15-30-11-8-18(9-12-30)31(19)28-23/h5-7,10,13-14,18H,2-4,8-9,11-12,15H2,1H3,(H2,27,29,32). The zero-order valence-electron chi connectivity index (χ0n) is 20.0. The second-order valence-corrected chi connectivity index (χ2v) is 11.2. The maximum Gasteiger partial charge on any atom is 0.333 e. The highest BCUT2D eigenvalue weighted by Gasteiger charge is 2.32. The van der Waals surface area contributed by atoms with Gasteiger partial charge in [0.15, 0.2) is 5.03 Å². The van der Waals surface area contributed by atoms with Gasteiger partial charge in [-0.25, -0.2) is 14.5 Å². The van der Waals surface area contributed by atoms with E-state index in [1.807, 2.05) is 16.8 Å². The molecule has 1 saturated heterocycles. The van der Waals surface area contributed by atoms with Crippen LogP contribution in [-0.2, 0) is 29.4 Å². The van der Waals surface area contributed by atoms with E-state index in [2.05, 4.69) is 31.1 Å². The third kappa shape index (κ3) is 4.11. The number of sulfonamides is 1. The predicted molar refractivity (Wildman–Crippen MR) is 133 cm³/mol. The summed E-state index contributed by atoms with van der Waals surface area (Å²) in [5.41, 5.74) is 5.25. The number of fused-ring (bicyclic) bond motifs is 3. The first-order valence-electron chi connectivity index (χ1n) is 12.2. The number of aromatic nitrogens is 3. The van der Waals surface area contributed by atoms with Gasteiger partial charge in [-0.1, -0.05) is 12.1 Å². The Morgan fingerprint density at radius 3 is 2.78 bits per heavy atom. The van der Waals surface area contributed by atoms with Crippen molar-refractivity contribution in [3.63, 3.8) is 0 Å². The number of carbonyl (C=O) groups excluding carboxylic acids is 1. The summed E-state index contributed by atoms with van der Waals surface area (Å²) in [4.78, 5) is 19.5. The monoisotopic (exact) mass is 508 g/mol. The summed E-state index contributed by atoms with van der Waals surface area (Å²) in [5, 5.41) is 7.11. The summed E-state index contributed by atoms with van der Waals surface area (Å²) >= 11 is 0. The van der Waals surface area contributed by atoms with E-state index < -0.39 is 16.1 Å². The Morgan fingerprint density at radius 1 is 1.14 bits per heavy atom. The van der Waals surface area contributed by atoms with Crippen molar-refractivity contribution >= 4 is 21.7 Å². The van der Waals surface area contributed by atoms with Crippen molar-refractivity contribution in [2.45, 2.75) is 49.7 Å². The Labute approximate surface area is 209 Å². The number of anilines is 1. The molecule has 4 aliphatic rings. The average molecular weight is 509 g/mol. The lowest BCUT2D eigenvalue weighted by Crippen LogP contribution is -2.35. The molecule has 10 nitrogen and oxygen atoms in total. The van der Waals surface area contributed by atoms with Crippen LogP contribution >= 0.6 is 0 Å². The molecule has 5 heterocycles. The molecule has 1 fully saturated rings. The molecule has 36 heavy (non-hydrogen) atoms. The van der Waals surface area contributed by atoms with Gasteiger partial charge in [0.25, 0.3) is 10.0 Å². The highest BCUT2D eigenvalue weighted by molar-refractivity contribution is 7.90. The van der Waals surface area contributed by atoms with Crippen molar-refractivity contribution < 1.29 is 17.9 Å². The molecule has 2 aromatic heterocycles. The fraction of sp³-hybridized carbons (Fsp3) is 0.400. The van der Waals surface area contributed by atoms with Gasteiger partial charge in [0.05, 0.1) is 24.5 Å². The van der Waals surface area contributed by atoms with Crippen molar-refractivity contribution in [2.75, 3.05) is 25.5 Å². The zero-order chi connectivity index (χ0) is 24.9. The number of rotatable bonds is 5. The van der Waals surface area contributed by atoms with Crippen molar-refractivity contribution in [3.05, 3.63) is 53.3 Å². The van der Waals surface area contributed by atoms with Gasteiger partial charge in [-0.2, -0.15) is 13.5 Å². The van der Waals surface area contributed by atoms with Crippen LogP contribution in [0.1, 0.15) is 42.1 Å². The molecule has 2 amide bonds. The maximum absolute atomic E-state index is 13.1. The summed E-state index contributed by atoms with van der Waals surface area (Å²) in [6.07, 6.45) is 6.24. The van der Waals surface area contributed by atoms with Crippen LogP contribution in [0.5, 0.6) is 5.88 Å². The van der Waals surface area contributed by atoms with Gasteiger partial charge < -0.3 is 10.1 Å². The fourth-order valence-corrected chi connectivity index (χ4v) is 6.46. The molecule has 2 N–H and O–H groups in total. The van der Waals surface area contributed by atoms with Gasteiger partial charge in [-0.3, -0.25) is 9.58 Å². The van der Waals surface area contributed by atoms with E-state index in [1.54, 1.807) is 25.4 Å².